The van der Waals surface area contributed by atoms with Crippen LogP contribution in [-0.4, -0.2) is 16.7 Å². The highest BCUT2D eigenvalue weighted by atomic mass is 16.5. The summed E-state index contributed by atoms with van der Waals surface area (Å²) < 4.78 is 6.36. The summed E-state index contributed by atoms with van der Waals surface area (Å²) in [5, 5.41) is 10.8. The molecule has 0 unspecified atom stereocenters. The topological polar surface area (TPSA) is 63.6 Å². The Hall–Kier alpha value is -2.36. The molecule has 0 fully saturated rings. The molecule has 4 heteroatoms. The normalized spacial score (nSPS) is 28.8. The lowest BCUT2D eigenvalue weighted by Gasteiger charge is -2.42. The number of carbonyl (C=O) groups excluding carboxylic acids is 2. The number of rotatable bonds is 2. The number of allylic oxidation sites excluding steroid dienone is 4. The van der Waals surface area contributed by atoms with Gasteiger partial charge in [0.25, 0.3) is 0 Å². The fourth-order valence-corrected chi connectivity index (χ4v) is 5.15. The van der Waals surface area contributed by atoms with Crippen molar-refractivity contribution in [2.75, 3.05) is 0 Å². The quantitative estimate of drug-likeness (QED) is 0.708. The molecule has 0 amide bonds. The molecule has 0 spiro atoms. The molecule has 1 aromatic rings. The Balaban J connectivity index is 1.82. The molecule has 0 aromatic heterocycles. The third kappa shape index (κ3) is 3.77. The van der Waals surface area contributed by atoms with E-state index in [4.69, 9.17) is 4.74 Å². The van der Waals surface area contributed by atoms with Crippen molar-refractivity contribution in [2.45, 2.75) is 65.9 Å². The molecule has 154 valence electrons. The maximum Gasteiger partial charge on any atom is 0.163 e. The van der Waals surface area contributed by atoms with Crippen LogP contribution in [0.3, 0.4) is 0 Å². The zero-order chi connectivity index (χ0) is 21.0. The summed E-state index contributed by atoms with van der Waals surface area (Å²) in [6, 6.07) is 9.94. The molecule has 4 rings (SSSR count). The van der Waals surface area contributed by atoms with Crippen molar-refractivity contribution in [3.63, 3.8) is 0 Å². The van der Waals surface area contributed by atoms with Crippen LogP contribution >= 0.6 is 0 Å². The van der Waals surface area contributed by atoms with Crippen molar-refractivity contribution in [1.29, 1.82) is 0 Å². The van der Waals surface area contributed by atoms with Gasteiger partial charge in [0, 0.05) is 42.7 Å². The summed E-state index contributed by atoms with van der Waals surface area (Å²) in [4.78, 5) is 26.2. The number of carbonyl (C=O) groups is 2. The zero-order valence-electron chi connectivity index (χ0n) is 17.7. The lowest BCUT2D eigenvalue weighted by Crippen LogP contribution is -2.38. The molecule has 29 heavy (non-hydrogen) atoms. The summed E-state index contributed by atoms with van der Waals surface area (Å²) in [6.07, 6.45) is 2.23. The molecule has 1 aliphatic heterocycles. The Labute approximate surface area is 172 Å². The molecule has 0 saturated heterocycles. The summed E-state index contributed by atoms with van der Waals surface area (Å²) in [5.41, 5.74) is 1.65. The van der Waals surface area contributed by atoms with Gasteiger partial charge in [0.15, 0.2) is 11.6 Å². The molecule has 2 aliphatic carbocycles. The van der Waals surface area contributed by atoms with Crippen LogP contribution in [0, 0.1) is 16.7 Å². The Morgan fingerprint density at radius 1 is 0.862 bits per heavy atom. The molecule has 0 saturated carbocycles. The van der Waals surface area contributed by atoms with E-state index < -0.39 is 5.92 Å². The third-order valence-corrected chi connectivity index (χ3v) is 6.38. The number of ether oxygens (including phenoxy) is 1. The molecule has 3 aliphatic rings. The minimum Gasteiger partial charge on any atom is -0.512 e. The molecular formula is C25H30O4. The van der Waals surface area contributed by atoms with Crippen LogP contribution in [0.2, 0.25) is 0 Å². The average Bonchev–Trinajstić information content (AvgIpc) is 2.59. The highest BCUT2D eigenvalue weighted by Crippen LogP contribution is 2.51. The fraction of sp³-hybridized carbons (Fsp3) is 0.520. The summed E-state index contributed by atoms with van der Waals surface area (Å²) in [5.74, 6) is 0.465. The maximum atomic E-state index is 13.1. The Kier molecular flexibility index (Phi) is 4.71. The minimum atomic E-state index is -0.392. The van der Waals surface area contributed by atoms with Crippen molar-refractivity contribution in [3.05, 3.63) is 58.6 Å². The van der Waals surface area contributed by atoms with E-state index in [-0.39, 0.29) is 34.3 Å². The van der Waals surface area contributed by atoms with Crippen LogP contribution in [0.15, 0.2) is 53.0 Å². The van der Waals surface area contributed by atoms with Gasteiger partial charge in [-0.15, -0.1) is 0 Å². The summed E-state index contributed by atoms with van der Waals surface area (Å²) in [7, 11) is 0. The first-order valence-electron chi connectivity index (χ1n) is 10.5. The Morgan fingerprint density at radius 2 is 1.45 bits per heavy atom. The van der Waals surface area contributed by atoms with E-state index in [0.29, 0.717) is 49.0 Å². The lowest BCUT2D eigenvalue weighted by atomic mass is 9.66. The van der Waals surface area contributed by atoms with E-state index in [1.807, 2.05) is 44.2 Å². The Morgan fingerprint density at radius 3 is 2.07 bits per heavy atom. The minimum absolute atomic E-state index is 0.0399. The largest absolute Gasteiger partial charge is 0.512 e. The highest BCUT2D eigenvalue weighted by Gasteiger charge is 2.46. The average molecular weight is 395 g/mol. The van der Waals surface area contributed by atoms with Crippen LogP contribution < -0.4 is 0 Å². The van der Waals surface area contributed by atoms with Crippen molar-refractivity contribution in [3.8, 4) is 0 Å². The predicted octanol–water partition coefficient (Wildman–Crippen LogP) is 5.61. The SMILES string of the molecule is CC1(C)CC(=O)C([C@H]2C[C@H](c3ccccc3)OC3=C2C(=O)CC(C)(C)C3)=C(O)C1. The molecule has 0 radical (unpaired) electrons. The number of aliphatic hydroxyl groups excluding tert-OH is 1. The van der Waals surface area contributed by atoms with Gasteiger partial charge in [0.1, 0.15) is 17.6 Å². The smallest absolute Gasteiger partial charge is 0.163 e. The van der Waals surface area contributed by atoms with Gasteiger partial charge in [0.05, 0.1) is 0 Å². The first kappa shape index (κ1) is 19.9. The lowest BCUT2D eigenvalue weighted by molar-refractivity contribution is -0.121. The first-order valence-corrected chi connectivity index (χ1v) is 10.5. The number of hydrogen-bond donors (Lipinski definition) is 1. The second kappa shape index (κ2) is 6.86. The van der Waals surface area contributed by atoms with Crippen molar-refractivity contribution >= 4 is 11.6 Å². The van der Waals surface area contributed by atoms with E-state index in [2.05, 4.69) is 13.8 Å². The molecule has 2 atom stereocenters. The Bertz CT molecular complexity index is 917. The van der Waals surface area contributed by atoms with E-state index in [9.17, 15) is 14.7 Å². The third-order valence-electron chi connectivity index (χ3n) is 6.38. The number of Topliss-reactive ketones (excluding diaryl/α,β-unsaturated/α-hetero) is 2. The van der Waals surface area contributed by atoms with E-state index >= 15 is 0 Å². The van der Waals surface area contributed by atoms with Crippen molar-refractivity contribution < 1.29 is 19.4 Å². The summed E-state index contributed by atoms with van der Waals surface area (Å²) >= 11 is 0. The van der Waals surface area contributed by atoms with Crippen molar-refractivity contribution in [1.82, 2.24) is 0 Å². The van der Waals surface area contributed by atoms with E-state index in [1.54, 1.807) is 0 Å². The van der Waals surface area contributed by atoms with E-state index in [0.717, 1.165) is 5.56 Å². The highest BCUT2D eigenvalue weighted by molar-refractivity contribution is 6.04. The van der Waals surface area contributed by atoms with Crippen LogP contribution in [-0.2, 0) is 14.3 Å². The van der Waals surface area contributed by atoms with Gasteiger partial charge in [-0.3, -0.25) is 9.59 Å². The van der Waals surface area contributed by atoms with Gasteiger partial charge in [-0.2, -0.15) is 0 Å². The van der Waals surface area contributed by atoms with Crippen LogP contribution in [0.1, 0.15) is 71.5 Å². The molecule has 1 aromatic carbocycles. The first-order chi connectivity index (χ1) is 13.6. The van der Waals surface area contributed by atoms with Crippen LogP contribution in [0.5, 0.6) is 0 Å². The van der Waals surface area contributed by atoms with Gasteiger partial charge < -0.3 is 9.84 Å². The molecule has 0 bridgehead atoms. The van der Waals surface area contributed by atoms with Gasteiger partial charge in [-0.05, 0) is 22.8 Å². The monoisotopic (exact) mass is 394 g/mol. The number of aliphatic hydroxyl groups is 1. The molecule has 4 nitrogen and oxygen atoms in total. The summed E-state index contributed by atoms with van der Waals surface area (Å²) in [6.45, 7) is 8.13. The molecule has 1 heterocycles. The zero-order valence-corrected chi connectivity index (χ0v) is 17.7. The van der Waals surface area contributed by atoms with Crippen LogP contribution in [0.25, 0.3) is 0 Å². The van der Waals surface area contributed by atoms with Gasteiger partial charge >= 0.3 is 0 Å². The maximum absolute atomic E-state index is 13.1. The van der Waals surface area contributed by atoms with Gasteiger partial charge in [-0.1, -0.05) is 58.0 Å². The molecule has 1 N–H and O–H groups in total. The number of benzene rings is 1. The number of hydrogen-bond acceptors (Lipinski definition) is 4. The molecular weight excluding hydrogens is 364 g/mol. The van der Waals surface area contributed by atoms with E-state index in [1.165, 1.54) is 0 Å². The van der Waals surface area contributed by atoms with Crippen molar-refractivity contribution in [2.24, 2.45) is 16.7 Å². The van der Waals surface area contributed by atoms with Gasteiger partial charge in [-0.25, -0.2) is 0 Å². The second-order valence-corrected chi connectivity index (χ2v) is 10.4. The number of ketones is 2. The second-order valence-electron chi connectivity index (χ2n) is 10.4. The predicted molar refractivity (Wildman–Crippen MR) is 111 cm³/mol. The van der Waals surface area contributed by atoms with Crippen LogP contribution in [0.4, 0.5) is 0 Å². The standard InChI is InChI=1S/C25H30O4/c1-24(2)11-17(26)22(18(27)12-24)16-10-20(15-8-6-5-7-9-15)29-21-14-25(3,4)13-19(28)23(16)21/h5-9,16,20,26H,10-14H2,1-4H3/t16-,20-/m1/s1. The fourth-order valence-electron chi connectivity index (χ4n) is 5.15. The van der Waals surface area contributed by atoms with Gasteiger partial charge in [0.2, 0.25) is 0 Å².